The van der Waals surface area contributed by atoms with Gasteiger partial charge in [0.25, 0.3) is 11.6 Å². The zero-order chi connectivity index (χ0) is 23.5. The molecule has 13 heteroatoms. The van der Waals surface area contributed by atoms with Crippen molar-refractivity contribution in [3.8, 4) is 6.07 Å². The zero-order valence-electron chi connectivity index (χ0n) is 16.3. The molecule has 32 heavy (non-hydrogen) atoms. The maximum atomic E-state index is 12.7. The van der Waals surface area contributed by atoms with Crippen molar-refractivity contribution < 1.29 is 9.72 Å². The van der Waals surface area contributed by atoms with E-state index in [1.165, 1.54) is 35.6 Å². The van der Waals surface area contributed by atoms with Crippen molar-refractivity contribution in [2.75, 3.05) is 5.32 Å². The zero-order valence-corrected chi connectivity index (χ0v) is 20.2. The SMILES string of the molecule is N#Cc1c(NC(=S)N[C@H](NC(=O)c2ccccc2[N+](=O)[O-])C(Cl)(Cl)Cl)sc2c1CCCC2. The minimum Gasteiger partial charge on any atom is -0.339 e. The Kier molecular flexibility index (Phi) is 7.79. The van der Waals surface area contributed by atoms with Crippen LogP contribution in [0.4, 0.5) is 10.7 Å². The first-order valence-electron chi connectivity index (χ1n) is 9.35. The Balaban J connectivity index is 1.77. The minimum atomic E-state index is -2.04. The normalized spacial score (nSPS) is 13.9. The number of hydrogen-bond donors (Lipinski definition) is 3. The summed E-state index contributed by atoms with van der Waals surface area (Å²) >= 11 is 24.8. The molecule has 168 valence electrons. The van der Waals surface area contributed by atoms with E-state index in [0.29, 0.717) is 10.6 Å². The highest BCUT2D eigenvalue weighted by Crippen LogP contribution is 2.37. The first-order valence-corrected chi connectivity index (χ1v) is 11.7. The van der Waals surface area contributed by atoms with E-state index in [1.54, 1.807) is 0 Å². The molecule has 0 fully saturated rings. The third kappa shape index (κ3) is 5.60. The summed E-state index contributed by atoms with van der Waals surface area (Å²) in [6, 6.07) is 7.61. The van der Waals surface area contributed by atoms with E-state index in [1.807, 2.05) is 0 Å². The highest BCUT2D eigenvalue weighted by molar-refractivity contribution is 7.80. The Morgan fingerprint density at radius 2 is 1.94 bits per heavy atom. The molecule has 3 N–H and O–H groups in total. The number of benzene rings is 1. The Morgan fingerprint density at radius 1 is 1.25 bits per heavy atom. The van der Waals surface area contributed by atoms with Crippen molar-refractivity contribution in [2.45, 2.75) is 35.6 Å². The van der Waals surface area contributed by atoms with E-state index >= 15 is 0 Å². The quantitative estimate of drug-likeness (QED) is 0.166. The lowest BCUT2D eigenvalue weighted by atomic mass is 9.96. The average molecular weight is 533 g/mol. The van der Waals surface area contributed by atoms with Crippen molar-refractivity contribution >= 4 is 80.1 Å². The van der Waals surface area contributed by atoms with Crippen molar-refractivity contribution in [2.24, 2.45) is 0 Å². The van der Waals surface area contributed by atoms with Gasteiger partial charge in [-0.25, -0.2) is 0 Å². The number of carbonyl (C=O) groups excluding carboxylic acids is 1. The number of carbonyl (C=O) groups is 1. The van der Waals surface area contributed by atoms with Gasteiger partial charge in [0, 0.05) is 10.9 Å². The lowest BCUT2D eigenvalue weighted by Gasteiger charge is -2.27. The second-order valence-corrected chi connectivity index (χ2v) is 10.7. The number of thiocarbonyl (C=S) groups is 1. The minimum absolute atomic E-state index is 0.0132. The number of aryl methyl sites for hydroxylation is 1. The number of rotatable bonds is 5. The van der Waals surface area contributed by atoms with Gasteiger partial charge in [0.15, 0.2) is 5.11 Å². The molecule has 1 amide bonds. The first-order chi connectivity index (χ1) is 15.1. The average Bonchev–Trinajstić information content (AvgIpc) is 3.09. The van der Waals surface area contributed by atoms with Gasteiger partial charge in [-0.15, -0.1) is 11.3 Å². The molecular weight excluding hydrogens is 517 g/mol. The summed E-state index contributed by atoms with van der Waals surface area (Å²) in [6.45, 7) is 0. The van der Waals surface area contributed by atoms with Crippen molar-refractivity contribution in [3.63, 3.8) is 0 Å². The molecule has 1 aliphatic rings. The Morgan fingerprint density at radius 3 is 2.59 bits per heavy atom. The molecular formula is C19H16Cl3N5O3S2. The summed E-state index contributed by atoms with van der Waals surface area (Å²) in [5.74, 6) is -0.826. The number of amides is 1. The summed E-state index contributed by atoms with van der Waals surface area (Å²) in [4.78, 5) is 24.3. The Bertz CT molecular complexity index is 1110. The van der Waals surface area contributed by atoms with Crippen molar-refractivity contribution in [1.29, 1.82) is 5.26 Å². The Hall–Kier alpha value is -2.16. The lowest BCUT2D eigenvalue weighted by molar-refractivity contribution is -0.385. The standard InChI is InChI=1S/C19H16Cl3N5O3S2/c20-19(21,22)17(24-15(28)11-6-1-3-7-13(11)27(29)30)26-18(31)25-16-12(9-23)10-5-2-4-8-14(10)32-16/h1,3,6-7,17H,2,4-5,8H2,(H,24,28)(H2,25,26,31)/t17-/m0/s1. The largest absolute Gasteiger partial charge is 0.339 e. The van der Waals surface area contributed by atoms with E-state index in [0.717, 1.165) is 36.1 Å². The van der Waals surface area contributed by atoms with Gasteiger partial charge in [0.1, 0.15) is 22.8 Å². The molecule has 2 aromatic rings. The molecule has 0 unspecified atom stereocenters. The number of anilines is 1. The van der Waals surface area contributed by atoms with Crippen LogP contribution in [-0.4, -0.2) is 25.9 Å². The number of nitrogens with one attached hydrogen (secondary N) is 3. The Labute approximate surface area is 208 Å². The molecule has 0 radical (unpaired) electrons. The number of nitro benzene ring substituents is 1. The van der Waals surface area contributed by atoms with Crippen LogP contribution in [0, 0.1) is 21.4 Å². The van der Waals surface area contributed by atoms with Crippen LogP contribution < -0.4 is 16.0 Å². The van der Waals surface area contributed by atoms with Gasteiger partial charge in [-0.2, -0.15) is 5.26 Å². The van der Waals surface area contributed by atoms with Gasteiger partial charge < -0.3 is 16.0 Å². The third-order valence-electron chi connectivity index (χ3n) is 4.73. The molecule has 1 heterocycles. The van der Waals surface area contributed by atoms with Gasteiger partial charge in [-0.05, 0) is 49.5 Å². The lowest BCUT2D eigenvalue weighted by Crippen LogP contribution is -2.56. The van der Waals surface area contributed by atoms with Crippen molar-refractivity contribution in [1.82, 2.24) is 10.6 Å². The van der Waals surface area contributed by atoms with Gasteiger partial charge in [0.05, 0.1) is 10.5 Å². The molecule has 1 aliphatic carbocycles. The second-order valence-electron chi connectivity index (χ2n) is 6.85. The fraction of sp³-hybridized carbons (Fsp3) is 0.316. The van der Waals surface area contributed by atoms with Crippen LogP contribution in [0.3, 0.4) is 0 Å². The van der Waals surface area contributed by atoms with Crippen LogP contribution in [0.2, 0.25) is 0 Å². The molecule has 1 aromatic carbocycles. The summed E-state index contributed by atoms with van der Waals surface area (Å²) in [5.41, 5.74) is 0.964. The van der Waals surface area contributed by atoms with Gasteiger partial charge in [-0.1, -0.05) is 46.9 Å². The first kappa shape index (κ1) is 24.5. The van der Waals surface area contributed by atoms with Crippen LogP contribution >= 0.6 is 58.4 Å². The summed E-state index contributed by atoms with van der Waals surface area (Å²) in [6.07, 6.45) is 2.50. The van der Waals surface area contributed by atoms with E-state index < -0.39 is 26.5 Å². The number of para-hydroxylation sites is 1. The number of halogens is 3. The number of thiophene rings is 1. The van der Waals surface area contributed by atoms with Crippen LogP contribution in [0.5, 0.6) is 0 Å². The van der Waals surface area contributed by atoms with Gasteiger partial charge in [-0.3, -0.25) is 14.9 Å². The smallest absolute Gasteiger partial charge is 0.282 e. The van der Waals surface area contributed by atoms with E-state index in [2.05, 4.69) is 22.0 Å². The molecule has 8 nitrogen and oxygen atoms in total. The molecule has 3 rings (SSSR count). The molecule has 0 bridgehead atoms. The molecule has 1 atom stereocenters. The molecule has 0 spiro atoms. The van der Waals surface area contributed by atoms with Crippen LogP contribution in [0.25, 0.3) is 0 Å². The highest BCUT2D eigenvalue weighted by Gasteiger charge is 2.36. The maximum absolute atomic E-state index is 12.7. The van der Waals surface area contributed by atoms with E-state index in [4.69, 9.17) is 47.0 Å². The predicted octanol–water partition coefficient (Wildman–Crippen LogP) is 4.82. The molecule has 0 saturated carbocycles. The fourth-order valence-corrected chi connectivity index (χ4v) is 5.13. The van der Waals surface area contributed by atoms with Crippen molar-refractivity contribution in [3.05, 3.63) is 55.9 Å². The van der Waals surface area contributed by atoms with Crippen LogP contribution in [-0.2, 0) is 12.8 Å². The topological polar surface area (TPSA) is 120 Å². The summed E-state index contributed by atoms with van der Waals surface area (Å²) < 4.78 is -2.04. The van der Waals surface area contributed by atoms with E-state index in [-0.39, 0.29) is 10.7 Å². The van der Waals surface area contributed by atoms with Gasteiger partial charge in [0.2, 0.25) is 3.79 Å². The number of alkyl halides is 3. The monoisotopic (exact) mass is 531 g/mol. The molecule has 0 saturated heterocycles. The summed E-state index contributed by atoms with van der Waals surface area (Å²) in [5, 5.41) is 29.5. The molecule has 0 aliphatic heterocycles. The summed E-state index contributed by atoms with van der Waals surface area (Å²) in [7, 11) is 0. The molecule has 1 aromatic heterocycles. The maximum Gasteiger partial charge on any atom is 0.282 e. The third-order valence-corrected chi connectivity index (χ3v) is 6.82. The number of nitrogens with zero attached hydrogens (tertiary/aromatic N) is 2. The van der Waals surface area contributed by atoms with Crippen LogP contribution in [0.1, 0.15) is 39.2 Å². The highest BCUT2D eigenvalue weighted by atomic mass is 35.6. The number of hydrogen-bond acceptors (Lipinski definition) is 6. The number of fused-ring (bicyclic) bond motifs is 1. The predicted molar refractivity (Wildman–Crippen MR) is 130 cm³/mol. The number of nitriles is 1. The second kappa shape index (κ2) is 10.2. The fourth-order valence-electron chi connectivity index (χ4n) is 3.28. The van der Waals surface area contributed by atoms with E-state index in [9.17, 15) is 20.2 Å². The van der Waals surface area contributed by atoms with Gasteiger partial charge >= 0.3 is 0 Å². The number of nitro groups is 1. The van der Waals surface area contributed by atoms with Crippen LogP contribution in [0.15, 0.2) is 24.3 Å².